The van der Waals surface area contributed by atoms with E-state index in [1.807, 2.05) is 18.2 Å². The van der Waals surface area contributed by atoms with E-state index in [0.29, 0.717) is 23.0 Å². The quantitative estimate of drug-likeness (QED) is 0.705. The lowest BCUT2D eigenvalue weighted by atomic mass is 9.64. The van der Waals surface area contributed by atoms with E-state index < -0.39 is 0 Å². The van der Waals surface area contributed by atoms with Gasteiger partial charge in [0.05, 0.1) is 0 Å². The third-order valence-electron chi connectivity index (χ3n) is 3.86. The molecule has 1 heteroatoms. The average molecular weight is 230 g/mol. The summed E-state index contributed by atoms with van der Waals surface area (Å²) >= 11 is 0. The number of para-hydroxylation sites is 1. The Labute approximate surface area is 104 Å². The molecule has 1 aliphatic carbocycles. The molecule has 0 amide bonds. The van der Waals surface area contributed by atoms with Gasteiger partial charge >= 0.3 is 0 Å². The van der Waals surface area contributed by atoms with Gasteiger partial charge in [0.25, 0.3) is 0 Å². The van der Waals surface area contributed by atoms with Crippen LogP contribution in [0.2, 0.25) is 0 Å². The van der Waals surface area contributed by atoms with Crippen LogP contribution in [-0.4, -0.2) is 5.11 Å². The smallest absolute Gasteiger partial charge is 0.119 e. The summed E-state index contributed by atoms with van der Waals surface area (Å²) in [5.74, 6) is 1.26. The van der Waals surface area contributed by atoms with Crippen LogP contribution in [0.25, 0.3) is 0 Å². The van der Waals surface area contributed by atoms with E-state index in [1.54, 1.807) is 6.07 Å². The average Bonchev–Trinajstić information content (AvgIpc) is 2.17. The largest absolute Gasteiger partial charge is 0.508 e. The van der Waals surface area contributed by atoms with Crippen molar-refractivity contribution in [2.24, 2.45) is 11.3 Å². The molecule has 0 radical (unpaired) electrons. The number of hydrogen-bond acceptors (Lipinski definition) is 1. The van der Waals surface area contributed by atoms with E-state index in [1.165, 1.54) is 12.0 Å². The molecule has 2 atom stereocenters. The number of phenolic OH excluding ortho intramolecular Hbond substituents is 1. The second-order valence-electron chi connectivity index (χ2n) is 6.22. The molecule has 0 heterocycles. The molecule has 92 valence electrons. The minimum absolute atomic E-state index is 0.309. The van der Waals surface area contributed by atoms with Gasteiger partial charge in [-0.1, -0.05) is 51.1 Å². The molecular formula is C16H22O. The van der Waals surface area contributed by atoms with Crippen molar-refractivity contribution in [3.8, 4) is 5.75 Å². The lowest BCUT2D eigenvalue weighted by Gasteiger charge is -2.41. The molecule has 0 spiro atoms. The minimum Gasteiger partial charge on any atom is -0.508 e. The van der Waals surface area contributed by atoms with E-state index in [4.69, 9.17) is 0 Å². The molecule has 0 aliphatic heterocycles. The maximum absolute atomic E-state index is 9.99. The van der Waals surface area contributed by atoms with Gasteiger partial charge in [0.15, 0.2) is 0 Å². The van der Waals surface area contributed by atoms with Crippen LogP contribution in [0.4, 0.5) is 0 Å². The first-order valence-corrected chi connectivity index (χ1v) is 6.36. The molecule has 17 heavy (non-hydrogen) atoms. The van der Waals surface area contributed by atoms with Crippen LogP contribution in [-0.2, 0) is 0 Å². The Morgan fingerprint density at radius 1 is 1.29 bits per heavy atom. The molecule has 1 aromatic rings. The van der Waals surface area contributed by atoms with Crippen LogP contribution in [0.1, 0.15) is 45.1 Å². The predicted octanol–water partition coefficient (Wildman–Crippen LogP) is 4.49. The van der Waals surface area contributed by atoms with Crippen LogP contribution >= 0.6 is 0 Å². The summed E-state index contributed by atoms with van der Waals surface area (Å²) in [7, 11) is 0. The maximum atomic E-state index is 9.99. The molecule has 0 saturated heterocycles. The summed E-state index contributed by atoms with van der Waals surface area (Å²) in [6, 6.07) is 7.67. The Bertz CT molecular complexity index is 431. The number of phenols is 1. The summed E-state index contributed by atoms with van der Waals surface area (Å²) in [5, 5.41) is 9.99. The third-order valence-corrected chi connectivity index (χ3v) is 3.86. The van der Waals surface area contributed by atoms with Crippen molar-refractivity contribution in [2.45, 2.75) is 39.5 Å². The summed E-state index contributed by atoms with van der Waals surface area (Å²) in [6.45, 7) is 11.1. The van der Waals surface area contributed by atoms with Crippen molar-refractivity contribution in [3.63, 3.8) is 0 Å². The Balaban J connectivity index is 2.34. The first-order valence-electron chi connectivity index (χ1n) is 6.36. The SMILES string of the molecule is C=C1CC(C)(C)CC(C)C1c1ccccc1O. The molecule has 0 bridgehead atoms. The van der Waals surface area contributed by atoms with Crippen molar-refractivity contribution in [1.82, 2.24) is 0 Å². The van der Waals surface area contributed by atoms with Gasteiger partial charge < -0.3 is 5.11 Å². The Morgan fingerprint density at radius 2 is 1.94 bits per heavy atom. The Kier molecular flexibility index (Phi) is 3.03. The van der Waals surface area contributed by atoms with Gasteiger partial charge in [-0.2, -0.15) is 0 Å². The van der Waals surface area contributed by atoms with E-state index in [-0.39, 0.29) is 0 Å². The summed E-state index contributed by atoms with van der Waals surface area (Å²) < 4.78 is 0. The monoisotopic (exact) mass is 230 g/mol. The second kappa shape index (κ2) is 4.21. The third kappa shape index (κ3) is 2.38. The Hall–Kier alpha value is -1.24. The normalized spacial score (nSPS) is 28.1. The van der Waals surface area contributed by atoms with Crippen molar-refractivity contribution in [1.29, 1.82) is 0 Å². The van der Waals surface area contributed by atoms with Gasteiger partial charge in [-0.3, -0.25) is 0 Å². The summed E-state index contributed by atoms with van der Waals surface area (Å²) in [4.78, 5) is 0. The lowest BCUT2D eigenvalue weighted by Crippen LogP contribution is -2.28. The molecule has 1 saturated carbocycles. The van der Waals surface area contributed by atoms with Gasteiger partial charge in [0.1, 0.15) is 5.75 Å². The number of aromatic hydroxyl groups is 1. The van der Waals surface area contributed by atoms with Gasteiger partial charge in [-0.25, -0.2) is 0 Å². The van der Waals surface area contributed by atoms with Crippen LogP contribution in [0, 0.1) is 11.3 Å². The van der Waals surface area contributed by atoms with Crippen molar-refractivity contribution >= 4 is 0 Å². The fourth-order valence-corrected chi connectivity index (χ4v) is 3.47. The summed E-state index contributed by atoms with van der Waals surface area (Å²) in [6.07, 6.45) is 2.24. The van der Waals surface area contributed by atoms with E-state index in [9.17, 15) is 5.11 Å². The van der Waals surface area contributed by atoms with Gasteiger partial charge in [-0.15, -0.1) is 0 Å². The second-order valence-corrected chi connectivity index (χ2v) is 6.22. The predicted molar refractivity (Wildman–Crippen MR) is 72.2 cm³/mol. The first kappa shape index (κ1) is 12.2. The molecule has 1 N–H and O–H groups in total. The zero-order valence-corrected chi connectivity index (χ0v) is 11.0. The van der Waals surface area contributed by atoms with Crippen molar-refractivity contribution in [3.05, 3.63) is 42.0 Å². The van der Waals surface area contributed by atoms with Gasteiger partial charge in [-0.05, 0) is 30.2 Å². The van der Waals surface area contributed by atoms with Crippen LogP contribution in [0.15, 0.2) is 36.4 Å². The highest BCUT2D eigenvalue weighted by Crippen LogP contribution is 2.50. The zero-order valence-electron chi connectivity index (χ0n) is 11.0. The number of allylic oxidation sites excluding steroid dienone is 1. The number of rotatable bonds is 1. The van der Waals surface area contributed by atoms with Crippen molar-refractivity contribution < 1.29 is 5.11 Å². The highest BCUT2D eigenvalue weighted by Gasteiger charge is 2.36. The van der Waals surface area contributed by atoms with Crippen molar-refractivity contribution in [2.75, 3.05) is 0 Å². The highest BCUT2D eigenvalue weighted by molar-refractivity contribution is 5.40. The molecule has 1 aromatic carbocycles. The van der Waals surface area contributed by atoms with E-state index >= 15 is 0 Å². The number of hydrogen-bond donors (Lipinski definition) is 1. The molecule has 2 unspecified atom stereocenters. The van der Waals surface area contributed by atoms with Crippen LogP contribution in [0.5, 0.6) is 5.75 Å². The van der Waals surface area contributed by atoms with E-state index in [0.717, 1.165) is 12.0 Å². The molecule has 1 nitrogen and oxygen atoms in total. The highest BCUT2D eigenvalue weighted by atomic mass is 16.3. The topological polar surface area (TPSA) is 20.2 Å². The Morgan fingerprint density at radius 3 is 2.53 bits per heavy atom. The fraction of sp³-hybridized carbons (Fsp3) is 0.500. The lowest BCUT2D eigenvalue weighted by molar-refractivity contribution is 0.213. The summed E-state index contributed by atoms with van der Waals surface area (Å²) in [5.41, 5.74) is 2.65. The van der Waals surface area contributed by atoms with Gasteiger partial charge in [0.2, 0.25) is 0 Å². The minimum atomic E-state index is 0.309. The molecule has 1 aliphatic rings. The van der Waals surface area contributed by atoms with E-state index in [2.05, 4.69) is 27.4 Å². The van der Waals surface area contributed by atoms with Crippen LogP contribution < -0.4 is 0 Å². The van der Waals surface area contributed by atoms with Crippen LogP contribution in [0.3, 0.4) is 0 Å². The molecular weight excluding hydrogens is 208 g/mol. The standard InChI is InChI=1S/C16H22O/c1-11-9-16(3,4)10-12(2)15(11)13-7-5-6-8-14(13)17/h5-8,12,15,17H,1,9-10H2,2-4H3. The molecule has 1 fully saturated rings. The molecule has 2 rings (SSSR count). The maximum Gasteiger partial charge on any atom is 0.119 e. The molecule has 0 aromatic heterocycles. The zero-order chi connectivity index (χ0) is 12.6. The first-order chi connectivity index (χ1) is 7.91. The fourth-order valence-electron chi connectivity index (χ4n) is 3.47. The number of benzene rings is 1. The van der Waals surface area contributed by atoms with Gasteiger partial charge in [0, 0.05) is 11.5 Å².